The molecular formula is C29H39NO6. The lowest BCUT2D eigenvalue weighted by Gasteiger charge is -2.20. The zero-order chi connectivity index (χ0) is 26.1. The lowest BCUT2D eigenvalue weighted by Crippen LogP contribution is -2.31. The van der Waals surface area contributed by atoms with Crippen LogP contribution in [0.2, 0.25) is 0 Å². The van der Waals surface area contributed by atoms with E-state index in [9.17, 15) is 9.59 Å². The van der Waals surface area contributed by atoms with E-state index in [2.05, 4.69) is 12.2 Å². The third-order valence-corrected chi connectivity index (χ3v) is 6.70. The van der Waals surface area contributed by atoms with Crippen molar-refractivity contribution in [2.24, 2.45) is 5.92 Å². The topological polar surface area (TPSA) is 83.1 Å². The monoisotopic (exact) mass is 497 g/mol. The highest BCUT2D eigenvalue weighted by Gasteiger charge is 2.25. The van der Waals surface area contributed by atoms with Gasteiger partial charge in [0, 0.05) is 18.0 Å². The van der Waals surface area contributed by atoms with Crippen molar-refractivity contribution in [2.75, 3.05) is 27.9 Å². The summed E-state index contributed by atoms with van der Waals surface area (Å²) in [5.74, 6) is 1.92. The number of hydrogen-bond donors (Lipinski definition) is 1. The van der Waals surface area contributed by atoms with Crippen LogP contribution >= 0.6 is 0 Å². The van der Waals surface area contributed by atoms with E-state index in [4.69, 9.17) is 18.9 Å². The standard InChI is InChI=1S/C29H39NO6/c1-6-7-8-10-19(2)29(32)30-16-15-25(31)36-22-13-14-23-20(17-22)11-9-12-21-18-24(33-3)27(34-4)28(35-5)26(21)23/h13-14,17-19H,6-12,15-16H2,1-5H3,(H,30,32)/t19-/m1/s1. The van der Waals surface area contributed by atoms with Crippen molar-refractivity contribution < 1.29 is 28.5 Å². The van der Waals surface area contributed by atoms with E-state index in [-0.39, 0.29) is 30.8 Å². The molecule has 1 amide bonds. The van der Waals surface area contributed by atoms with E-state index in [1.165, 1.54) is 0 Å². The Morgan fingerprint density at radius 3 is 2.42 bits per heavy atom. The van der Waals surface area contributed by atoms with E-state index >= 15 is 0 Å². The maximum absolute atomic E-state index is 12.4. The molecule has 196 valence electrons. The minimum absolute atomic E-state index is 0.0106. The third-order valence-electron chi connectivity index (χ3n) is 6.70. The van der Waals surface area contributed by atoms with Gasteiger partial charge in [0.15, 0.2) is 11.5 Å². The molecule has 2 aromatic rings. The summed E-state index contributed by atoms with van der Waals surface area (Å²) < 4.78 is 22.5. The molecular weight excluding hydrogens is 458 g/mol. The number of carbonyl (C=O) groups excluding carboxylic acids is 2. The molecule has 1 aliphatic carbocycles. The van der Waals surface area contributed by atoms with Crippen LogP contribution in [0.5, 0.6) is 23.0 Å². The first-order valence-electron chi connectivity index (χ1n) is 12.9. The SMILES string of the molecule is CCCCC[C@@H](C)C(=O)NCCC(=O)Oc1ccc2c(c1)CCCc1cc(OC)c(OC)c(OC)c1-2. The smallest absolute Gasteiger partial charge is 0.312 e. The highest BCUT2D eigenvalue weighted by Crippen LogP contribution is 2.49. The molecule has 3 rings (SSSR count). The van der Waals surface area contributed by atoms with Crippen molar-refractivity contribution in [2.45, 2.75) is 65.2 Å². The van der Waals surface area contributed by atoms with Gasteiger partial charge in [-0.2, -0.15) is 0 Å². The summed E-state index contributed by atoms with van der Waals surface area (Å²) >= 11 is 0. The van der Waals surface area contributed by atoms with Gasteiger partial charge in [0.1, 0.15) is 5.75 Å². The normalized spacial score (nSPS) is 13.0. The number of ether oxygens (including phenoxy) is 4. The first-order valence-corrected chi connectivity index (χ1v) is 12.9. The fourth-order valence-corrected chi connectivity index (χ4v) is 4.73. The fourth-order valence-electron chi connectivity index (χ4n) is 4.73. The minimum Gasteiger partial charge on any atom is -0.493 e. The zero-order valence-electron chi connectivity index (χ0n) is 22.2. The van der Waals surface area contributed by atoms with Crippen LogP contribution in [-0.4, -0.2) is 39.8 Å². The zero-order valence-corrected chi connectivity index (χ0v) is 22.2. The molecule has 0 saturated heterocycles. The van der Waals surface area contributed by atoms with Crippen LogP contribution in [0.4, 0.5) is 0 Å². The largest absolute Gasteiger partial charge is 0.493 e. The molecule has 0 aromatic heterocycles. The predicted octanol–water partition coefficient (Wildman–Crippen LogP) is 5.50. The number of carbonyl (C=O) groups is 2. The van der Waals surface area contributed by atoms with E-state index in [0.717, 1.165) is 67.2 Å². The molecule has 0 spiro atoms. The van der Waals surface area contributed by atoms with Crippen LogP contribution in [0.15, 0.2) is 24.3 Å². The highest BCUT2D eigenvalue weighted by molar-refractivity contribution is 5.83. The molecule has 1 aliphatic rings. The van der Waals surface area contributed by atoms with Gasteiger partial charge in [0.05, 0.1) is 27.8 Å². The minimum atomic E-state index is -0.369. The van der Waals surface area contributed by atoms with Gasteiger partial charge in [-0.3, -0.25) is 9.59 Å². The van der Waals surface area contributed by atoms with Crippen LogP contribution in [-0.2, 0) is 22.4 Å². The molecule has 1 atom stereocenters. The number of amides is 1. The van der Waals surface area contributed by atoms with E-state index < -0.39 is 0 Å². The molecule has 7 nitrogen and oxygen atoms in total. The Balaban J connectivity index is 1.68. The number of methoxy groups -OCH3 is 3. The van der Waals surface area contributed by atoms with Gasteiger partial charge in [0.25, 0.3) is 0 Å². The summed E-state index contributed by atoms with van der Waals surface area (Å²) in [6.45, 7) is 4.34. The number of fused-ring (bicyclic) bond motifs is 3. The van der Waals surface area contributed by atoms with E-state index in [1.807, 2.05) is 25.1 Å². The molecule has 7 heteroatoms. The summed E-state index contributed by atoms with van der Waals surface area (Å²) in [6.07, 6.45) is 6.95. The molecule has 0 unspecified atom stereocenters. The number of nitrogens with one attached hydrogen (secondary N) is 1. The van der Waals surface area contributed by atoms with Crippen LogP contribution in [0.3, 0.4) is 0 Å². The van der Waals surface area contributed by atoms with Gasteiger partial charge in [-0.25, -0.2) is 0 Å². The van der Waals surface area contributed by atoms with Crippen LogP contribution < -0.4 is 24.3 Å². The summed E-state index contributed by atoms with van der Waals surface area (Å²) in [5, 5.41) is 2.85. The molecule has 0 aliphatic heterocycles. The first kappa shape index (κ1) is 27.4. The molecule has 0 saturated carbocycles. The number of aryl methyl sites for hydroxylation is 2. The molecule has 36 heavy (non-hydrogen) atoms. The van der Waals surface area contributed by atoms with Crippen molar-refractivity contribution in [3.05, 3.63) is 35.4 Å². The molecule has 0 bridgehead atoms. The van der Waals surface area contributed by atoms with Gasteiger partial charge < -0.3 is 24.3 Å². The summed E-state index contributed by atoms with van der Waals surface area (Å²) in [7, 11) is 4.85. The number of rotatable bonds is 12. The lowest BCUT2D eigenvalue weighted by atomic mass is 9.94. The second-order valence-corrected chi connectivity index (χ2v) is 9.26. The van der Waals surface area contributed by atoms with Crippen molar-refractivity contribution in [1.29, 1.82) is 0 Å². The summed E-state index contributed by atoms with van der Waals surface area (Å²) in [6, 6.07) is 7.71. The van der Waals surface area contributed by atoms with E-state index in [0.29, 0.717) is 23.0 Å². The van der Waals surface area contributed by atoms with Gasteiger partial charge in [-0.05, 0) is 60.6 Å². The fraction of sp³-hybridized carbons (Fsp3) is 0.517. The Hall–Kier alpha value is -3.22. The summed E-state index contributed by atoms with van der Waals surface area (Å²) in [4.78, 5) is 24.7. The Bertz CT molecular complexity index is 1060. The van der Waals surface area contributed by atoms with Crippen LogP contribution in [0.1, 0.15) is 63.5 Å². The van der Waals surface area contributed by atoms with Gasteiger partial charge >= 0.3 is 5.97 Å². The van der Waals surface area contributed by atoms with Gasteiger partial charge in [-0.15, -0.1) is 0 Å². The Morgan fingerprint density at radius 1 is 0.972 bits per heavy atom. The number of hydrogen-bond acceptors (Lipinski definition) is 6. The lowest BCUT2D eigenvalue weighted by molar-refractivity contribution is -0.134. The third kappa shape index (κ3) is 6.50. The second kappa shape index (κ2) is 13.2. The molecule has 0 radical (unpaired) electrons. The number of esters is 1. The number of unbranched alkanes of at least 4 members (excludes halogenated alkanes) is 2. The average molecular weight is 498 g/mol. The van der Waals surface area contributed by atoms with Gasteiger partial charge in [-0.1, -0.05) is 39.2 Å². The maximum atomic E-state index is 12.4. The van der Waals surface area contributed by atoms with E-state index in [1.54, 1.807) is 27.4 Å². The molecule has 0 fully saturated rings. The predicted molar refractivity (Wildman–Crippen MR) is 140 cm³/mol. The molecule has 1 N–H and O–H groups in total. The van der Waals surface area contributed by atoms with Crippen molar-refractivity contribution in [1.82, 2.24) is 5.32 Å². The second-order valence-electron chi connectivity index (χ2n) is 9.26. The van der Waals surface area contributed by atoms with Crippen LogP contribution in [0.25, 0.3) is 11.1 Å². The quantitative estimate of drug-likeness (QED) is 0.237. The maximum Gasteiger partial charge on any atom is 0.312 e. The Labute approximate surface area is 214 Å². The van der Waals surface area contributed by atoms with Crippen molar-refractivity contribution in [3.8, 4) is 34.1 Å². The average Bonchev–Trinajstić information content (AvgIpc) is 3.06. The van der Waals surface area contributed by atoms with Crippen LogP contribution in [0, 0.1) is 5.92 Å². The highest BCUT2D eigenvalue weighted by atomic mass is 16.5. The molecule has 2 aromatic carbocycles. The number of benzene rings is 2. The summed E-state index contributed by atoms with van der Waals surface area (Å²) in [5.41, 5.74) is 4.23. The molecule has 0 heterocycles. The Morgan fingerprint density at radius 2 is 1.72 bits per heavy atom. The van der Waals surface area contributed by atoms with Crippen molar-refractivity contribution in [3.63, 3.8) is 0 Å². The van der Waals surface area contributed by atoms with Gasteiger partial charge in [0.2, 0.25) is 11.7 Å². The first-order chi connectivity index (χ1) is 17.4. The van der Waals surface area contributed by atoms with Crippen molar-refractivity contribution >= 4 is 11.9 Å². The Kier molecular flexibility index (Phi) is 10.0.